The molecule has 0 fully saturated rings. The SMILES string of the molecule is CC(C)(C)ONC(=O)N(C(=O)OCc1cncs1)C(Cc1ccccc1)CC(O)CCc1ccccc1. The van der Waals surface area contributed by atoms with Crippen LogP contribution in [0.2, 0.25) is 0 Å². The van der Waals surface area contributed by atoms with Crippen molar-refractivity contribution in [2.75, 3.05) is 0 Å². The highest BCUT2D eigenvalue weighted by molar-refractivity contribution is 7.09. The molecule has 0 bridgehead atoms. The topological polar surface area (TPSA) is 101 Å². The number of amides is 3. The number of nitrogens with one attached hydrogen (secondary N) is 1. The molecule has 2 aromatic carbocycles. The van der Waals surface area contributed by atoms with E-state index in [1.54, 1.807) is 32.5 Å². The highest BCUT2D eigenvalue weighted by Crippen LogP contribution is 2.20. The van der Waals surface area contributed by atoms with Gasteiger partial charge in [-0.3, -0.25) is 9.82 Å². The summed E-state index contributed by atoms with van der Waals surface area (Å²) < 4.78 is 5.49. The molecule has 0 saturated carbocycles. The van der Waals surface area contributed by atoms with E-state index in [0.29, 0.717) is 19.3 Å². The van der Waals surface area contributed by atoms with Gasteiger partial charge in [-0.15, -0.1) is 11.3 Å². The van der Waals surface area contributed by atoms with Crippen LogP contribution < -0.4 is 5.48 Å². The lowest BCUT2D eigenvalue weighted by Crippen LogP contribution is -2.52. The fourth-order valence-electron chi connectivity index (χ4n) is 3.74. The van der Waals surface area contributed by atoms with Crippen LogP contribution in [0, 0.1) is 0 Å². The van der Waals surface area contributed by atoms with Gasteiger partial charge in [-0.05, 0) is 57.6 Å². The molecule has 9 heteroatoms. The fraction of sp³-hybridized carbons (Fsp3) is 0.393. The maximum absolute atomic E-state index is 13.3. The molecular formula is C28H35N3O5S. The largest absolute Gasteiger partial charge is 0.443 e. The number of hydrogen-bond acceptors (Lipinski definition) is 7. The third-order valence-electron chi connectivity index (χ3n) is 5.51. The van der Waals surface area contributed by atoms with Gasteiger partial charge in [-0.2, -0.15) is 0 Å². The molecule has 0 saturated heterocycles. The van der Waals surface area contributed by atoms with Crippen molar-refractivity contribution in [3.8, 4) is 0 Å². The van der Waals surface area contributed by atoms with Crippen molar-refractivity contribution in [1.29, 1.82) is 0 Å². The normalized spacial score (nSPS) is 13.0. The summed E-state index contributed by atoms with van der Waals surface area (Å²) in [4.78, 5) is 37.8. The van der Waals surface area contributed by atoms with E-state index in [4.69, 9.17) is 9.57 Å². The number of aryl methyl sites for hydroxylation is 1. The predicted molar refractivity (Wildman–Crippen MR) is 143 cm³/mol. The van der Waals surface area contributed by atoms with Gasteiger partial charge in [0.15, 0.2) is 0 Å². The number of rotatable bonds is 11. The molecule has 3 rings (SSSR count). The van der Waals surface area contributed by atoms with Crippen molar-refractivity contribution < 1.29 is 24.3 Å². The molecule has 0 aliphatic carbocycles. The number of nitrogens with zero attached hydrogens (tertiary/aromatic N) is 2. The van der Waals surface area contributed by atoms with Crippen molar-refractivity contribution >= 4 is 23.5 Å². The minimum atomic E-state index is -0.820. The van der Waals surface area contributed by atoms with E-state index < -0.39 is 29.9 Å². The van der Waals surface area contributed by atoms with Crippen LogP contribution in [0.1, 0.15) is 49.6 Å². The van der Waals surface area contributed by atoms with Crippen LogP contribution in [0.3, 0.4) is 0 Å². The number of benzene rings is 2. The number of carbonyl (C=O) groups is 2. The second kappa shape index (κ2) is 13.9. The summed E-state index contributed by atoms with van der Waals surface area (Å²) in [5, 5.41) is 11.0. The molecule has 2 N–H and O–H groups in total. The van der Waals surface area contributed by atoms with Crippen molar-refractivity contribution in [2.24, 2.45) is 0 Å². The zero-order chi connectivity index (χ0) is 26.7. The Balaban J connectivity index is 1.80. The number of thiazole rings is 1. The molecular weight excluding hydrogens is 490 g/mol. The van der Waals surface area contributed by atoms with Gasteiger partial charge in [0.1, 0.15) is 6.61 Å². The van der Waals surface area contributed by atoms with E-state index in [0.717, 1.165) is 20.9 Å². The maximum atomic E-state index is 13.3. The number of aromatic nitrogens is 1. The third kappa shape index (κ3) is 9.95. The molecule has 8 nitrogen and oxygen atoms in total. The summed E-state index contributed by atoms with van der Waals surface area (Å²) in [6.07, 6.45) is 1.73. The second-order valence-corrected chi connectivity index (χ2v) is 10.7. The maximum Gasteiger partial charge on any atom is 0.418 e. The molecule has 37 heavy (non-hydrogen) atoms. The van der Waals surface area contributed by atoms with Crippen molar-refractivity contribution in [2.45, 2.75) is 70.8 Å². The summed E-state index contributed by atoms with van der Waals surface area (Å²) in [5.74, 6) is 0. The number of aliphatic hydroxyl groups is 1. The van der Waals surface area contributed by atoms with Gasteiger partial charge < -0.3 is 9.84 Å². The van der Waals surface area contributed by atoms with Crippen molar-refractivity contribution in [3.63, 3.8) is 0 Å². The highest BCUT2D eigenvalue weighted by atomic mass is 32.1. The Bertz CT molecular complexity index is 1090. The predicted octanol–water partition coefficient (Wildman–Crippen LogP) is 5.52. The molecule has 0 radical (unpaired) electrons. The molecule has 0 aliphatic heterocycles. The summed E-state index contributed by atoms with van der Waals surface area (Å²) in [6, 6.07) is 18.0. The first-order chi connectivity index (χ1) is 17.7. The number of ether oxygens (including phenoxy) is 1. The molecule has 0 spiro atoms. The number of carbonyl (C=O) groups excluding carboxylic acids is 2. The fourth-order valence-corrected chi connectivity index (χ4v) is 4.24. The van der Waals surface area contributed by atoms with Crippen molar-refractivity contribution in [3.05, 3.63) is 88.4 Å². The van der Waals surface area contributed by atoms with Crippen LogP contribution in [-0.4, -0.2) is 44.9 Å². The van der Waals surface area contributed by atoms with Crippen molar-refractivity contribution in [1.82, 2.24) is 15.4 Å². The van der Waals surface area contributed by atoms with Crippen LogP contribution in [0.4, 0.5) is 9.59 Å². The van der Waals surface area contributed by atoms with E-state index >= 15 is 0 Å². The van der Waals surface area contributed by atoms with Gasteiger partial charge in [-0.25, -0.2) is 20.0 Å². The zero-order valence-electron chi connectivity index (χ0n) is 21.5. The molecule has 0 aliphatic rings. The van der Waals surface area contributed by atoms with Gasteiger partial charge in [0.05, 0.1) is 28.1 Å². The number of hydrogen-bond donors (Lipinski definition) is 2. The Morgan fingerprint density at radius 3 is 2.30 bits per heavy atom. The second-order valence-electron chi connectivity index (χ2n) is 9.77. The Morgan fingerprint density at radius 1 is 1.05 bits per heavy atom. The summed E-state index contributed by atoms with van der Waals surface area (Å²) >= 11 is 1.35. The average molecular weight is 526 g/mol. The lowest BCUT2D eigenvalue weighted by atomic mass is 9.96. The lowest BCUT2D eigenvalue weighted by Gasteiger charge is -2.32. The number of hydroxylamine groups is 1. The monoisotopic (exact) mass is 525 g/mol. The van der Waals surface area contributed by atoms with Crippen LogP contribution in [0.25, 0.3) is 0 Å². The first-order valence-electron chi connectivity index (χ1n) is 12.3. The Kier molecular flexibility index (Phi) is 10.6. The minimum absolute atomic E-state index is 0.0119. The van der Waals surface area contributed by atoms with E-state index in [1.165, 1.54) is 11.3 Å². The average Bonchev–Trinajstić information content (AvgIpc) is 3.40. The molecule has 2 atom stereocenters. The molecule has 1 aromatic heterocycles. The highest BCUT2D eigenvalue weighted by Gasteiger charge is 2.34. The van der Waals surface area contributed by atoms with Crippen LogP contribution in [0.15, 0.2) is 72.4 Å². The van der Waals surface area contributed by atoms with E-state index in [-0.39, 0.29) is 13.0 Å². The van der Waals surface area contributed by atoms with Crippen LogP contribution in [-0.2, 0) is 29.0 Å². The van der Waals surface area contributed by atoms with Gasteiger partial charge in [0.2, 0.25) is 0 Å². The minimum Gasteiger partial charge on any atom is -0.443 e. The smallest absolute Gasteiger partial charge is 0.418 e. The Labute approximate surface area is 222 Å². The molecule has 1 heterocycles. The summed E-state index contributed by atoms with van der Waals surface area (Å²) in [6.45, 7) is 5.35. The van der Waals surface area contributed by atoms with Crippen LogP contribution in [0.5, 0.6) is 0 Å². The van der Waals surface area contributed by atoms with Gasteiger partial charge in [-0.1, -0.05) is 60.7 Å². The molecule has 3 aromatic rings. The Morgan fingerprint density at radius 2 is 1.70 bits per heavy atom. The quantitative estimate of drug-likeness (QED) is 0.320. The lowest BCUT2D eigenvalue weighted by molar-refractivity contribution is -0.0603. The molecule has 2 unspecified atom stereocenters. The Hall–Kier alpha value is -3.27. The number of imide groups is 1. The van der Waals surface area contributed by atoms with E-state index in [9.17, 15) is 14.7 Å². The third-order valence-corrected chi connectivity index (χ3v) is 6.27. The summed E-state index contributed by atoms with van der Waals surface area (Å²) in [7, 11) is 0. The molecule has 198 valence electrons. The van der Waals surface area contributed by atoms with Gasteiger partial charge in [0.25, 0.3) is 0 Å². The molecule has 3 amide bonds. The first-order valence-corrected chi connectivity index (χ1v) is 13.2. The summed E-state index contributed by atoms with van der Waals surface area (Å²) in [5.41, 5.74) is 5.40. The van der Waals surface area contributed by atoms with Gasteiger partial charge >= 0.3 is 12.1 Å². The first kappa shape index (κ1) is 28.3. The van der Waals surface area contributed by atoms with Crippen LogP contribution >= 0.6 is 11.3 Å². The van der Waals surface area contributed by atoms with Gasteiger partial charge in [0, 0.05) is 6.20 Å². The standard InChI is InChI=1S/C28H35N3O5S/c1-28(2,3)36-30-26(33)31(27(34)35-19-25-18-29-20-37-25)23(16-22-12-8-5-9-13-22)17-24(32)15-14-21-10-6-4-7-11-21/h4-13,18,20,23-24,32H,14-17,19H2,1-3H3,(H,30,33). The zero-order valence-corrected chi connectivity index (χ0v) is 22.3. The van der Waals surface area contributed by atoms with E-state index in [1.807, 2.05) is 60.7 Å². The number of aliphatic hydroxyl groups excluding tert-OH is 1. The van der Waals surface area contributed by atoms with E-state index in [2.05, 4.69) is 10.5 Å². The number of urea groups is 1.